The number of furan rings is 1. The maximum Gasteiger partial charge on any atom is 0.335 e. The van der Waals surface area contributed by atoms with Gasteiger partial charge in [0.25, 0.3) is 0 Å². The van der Waals surface area contributed by atoms with Crippen LogP contribution in [0.3, 0.4) is 0 Å². The summed E-state index contributed by atoms with van der Waals surface area (Å²) in [6, 6.07) is 4.72. The molecule has 1 aromatic heterocycles. The summed E-state index contributed by atoms with van der Waals surface area (Å²) in [6.45, 7) is 4.70. The van der Waals surface area contributed by atoms with Gasteiger partial charge in [-0.3, -0.25) is 4.79 Å². The van der Waals surface area contributed by atoms with Crippen LogP contribution in [0.25, 0.3) is 16.5 Å². The number of carbonyl (C=O) groups is 2. The van der Waals surface area contributed by atoms with Crippen molar-refractivity contribution in [1.29, 1.82) is 0 Å². The van der Waals surface area contributed by atoms with Crippen molar-refractivity contribution >= 4 is 28.5 Å². The Morgan fingerprint density at radius 2 is 2.11 bits per heavy atom. The standard InChI is InChI=1S/C13H10O5/c1-7(13(15)16)10-5-9-3-4-17-11(9)6-12(10)18-8(2)14/h3-6H,1H2,2H3,(H,15,16). The summed E-state index contributed by atoms with van der Waals surface area (Å²) in [5, 5.41) is 9.66. The van der Waals surface area contributed by atoms with E-state index in [1.165, 1.54) is 19.3 Å². The summed E-state index contributed by atoms with van der Waals surface area (Å²) in [5.41, 5.74) is 0.620. The van der Waals surface area contributed by atoms with Gasteiger partial charge in [-0.05, 0) is 12.1 Å². The molecule has 1 heterocycles. The molecule has 0 aliphatic heterocycles. The molecule has 2 aromatic rings. The lowest BCUT2D eigenvalue weighted by Crippen LogP contribution is -2.06. The number of ether oxygens (including phenoxy) is 1. The Balaban J connectivity index is 2.62. The van der Waals surface area contributed by atoms with Gasteiger partial charge in [-0.15, -0.1) is 0 Å². The lowest BCUT2D eigenvalue weighted by atomic mass is 10.0. The maximum atomic E-state index is 11.0. The first-order valence-electron chi connectivity index (χ1n) is 5.11. The molecule has 0 aliphatic carbocycles. The van der Waals surface area contributed by atoms with Gasteiger partial charge in [-0.2, -0.15) is 0 Å². The second-order valence-electron chi connectivity index (χ2n) is 3.68. The van der Waals surface area contributed by atoms with Crippen molar-refractivity contribution in [1.82, 2.24) is 0 Å². The van der Waals surface area contributed by atoms with Gasteiger partial charge < -0.3 is 14.3 Å². The second-order valence-corrected chi connectivity index (χ2v) is 3.68. The molecular weight excluding hydrogens is 236 g/mol. The first-order valence-corrected chi connectivity index (χ1v) is 5.11. The molecule has 2 rings (SSSR count). The molecule has 5 heteroatoms. The van der Waals surface area contributed by atoms with Gasteiger partial charge >= 0.3 is 11.9 Å². The van der Waals surface area contributed by atoms with Crippen LogP contribution in [-0.2, 0) is 9.59 Å². The van der Waals surface area contributed by atoms with Crippen LogP contribution in [0.2, 0.25) is 0 Å². The minimum Gasteiger partial charge on any atom is -0.478 e. The topological polar surface area (TPSA) is 76.7 Å². The van der Waals surface area contributed by atoms with E-state index in [-0.39, 0.29) is 16.9 Å². The average Bonchev–Trinajstić information content (AvgIpc) is 2.73. The van der Waals surface area contributed by atoms with E-state index in [1.807, 2.05) is 0 Å². The zero-order valence-electron chi connectivity index (χ0n) is 9.60. The summed E-state index contributed by atoms with van der Waals surface area (Å²) in [6.07, 6.45) is 1.47. The van der Waals surface area contributed by atoms with Crippen LogP contribution in [0, 0.1) is 0 Å². The Morgan fingerprint density at radius 3 is 2.72 bits per heavy atom. The number of esters is 1. The van der Waals surface area contributed by atoms with Gasteiger partial charge in [0.2, 0.25) is 0 Å². The van der Waals surface area contributed by atoms with Crippen LogP contribution in [0.15, 0.2) is 35.5 Å². The number of fused-ring (bicyclic) bond motifs is 1. The van der Waals surface area contributed by atoms with Crippen LogP contribution in [-0.4, -0.2) is 17.0 Å². The number of hydrogen-bond acceptors (Lipinski definition) is 4. The van der Waals surface area contributed by atoms with E-state index in [4.69, 9.17) is 14.3 Å². The van der Waals surface area contributed by atoms with Gasteiger partial charge in [-0.1, -0.05) is 6.58 Å². The molecule has 1 N–H and O–H groups in total. The highest BCUT2D eigenvalue weighted by molar-refractivity contribution is 6.16. The van der Waals surface area contributed by atoms with Gasteiger partial charge in [0.05, 0.1) is 11.8 Å². The molecule has 1 aromatic carbocycles. The molecule has 0 saturated carbocycles. The average molecular weight is 246 g/mol. The van der Waals surface area contributed by atoms with Crippen molar-refractivity contribution in [2.45, 2.75) is 6.92 Å². The van der Waals surface area contributed by atoms with E-state index >= 15 is 0 Å². The predicted molar refractivity (Wildman–Crippen MR) is 64.2 cm³/mol. The molecule has 0 fully saturated rings. The normalized spacial score (nSPS) is 10.3. The maximum absolute atomic E-state index is 11.0. The third kappa shape index (κ3) is 2.10. The minimum absolute atomic E-state index is 0.123. The van der Waals surface area contributed by atoms with Gasteiger partial charge in [0, 0.05) is 23.9 Å². The molecular formula is C13H10O5. The highest BCUT2D eigenvalue weighted by Gasteiger charge is 2.16. The summed E-state index contributed by atoms with van der Waals surface area (Å²) in [7, 11) is 0. The fourth-order valence-electron chi connectivity index (χ4n) is 1.58. The van der Waals surface area contributed by atoms with Crippen LogP contribution < -0.4 is 4.74 Å². The lowest BCUT2D eigenvalue weighted by Gasteiger charge is -2.08. The largest absolute Gasteiger partial charge is 0.478 e. The third-order valence-corrected chi connectivity index (χ3v) is 2.39. The molecule has 0 unspecified atom stereocenters. The fraction of sp³-hybridized carbons (Fsp3) is 0.0769. The number of hydrogen-bond donors (Lipinski definition) is 1. The number of aliphatic carboxylic acids is 1. The fourth-order valence-corrected chi connectivity index (χ4v) is 1.58. The molecule has 0 spiro atoms. The van der Waals surface area contributed by atoms with Gasteiger partial charge in [0.15, 0.2) is 0 Å². The number of carbonyl (C=O) groups excluding carboxylic acids is 1. The van der Waals surface area contributed by atoms with E-state index in [0.717, 1.165) is 0 Å². The zero-order valence-corrected chi connectivity index (χ0v) is 9.60. The summed E-state index contributed by atoms with van der Waals surface area (Å²) >= 11 is 0. The Morgan fingerprint density at radius 1 is 1.39 bits per heavy atom. The lowest BCUT2D eigenvalue weighted by molar-refractivity contribution is -0.132. The van der Waals surface area contributed by atoms with Crippen LogP contribution in [0.1, 0.15) is 12.5 Å². The van der Waals surface area contributed by atoms with E-state index in [9.17, 15) is 9.59 Å². The SMILES string of the molecule is C=C(C(=O)O)c1cc2ccoc2cc1OC(C)=O. The molecule has 0 atom stereocenters. The van der Waals surface area contributed by atoms with Crippen molar-refractivity contribution in [2.24, 2.45) is 0 Å². The van der Waals surface area contributed by atoms with Crippen molar-refractivity contribution in [3.05, 3.63) is 36.6 Å². The summed E-state index contributed by atoms with van der Waals surface area (Å²) < 4.78 is 10.1. The molecule has 0 radical (unpaired) electrons. The smallest absolute Gasteiger partial charge is 0.335 e. The molecule has 0 bridgehead atoms. The van der Waals surface area contributed by atoms with E-state index < -0.39 is 11.9 Å². The van der Waals surface area contributed by atoms with E-state index in [2.05, 4.69) is 6.58 Å². The molecule has 0 amide bonds. The summed E-state index contributed by atoms with van der Waals surface area (Å²) in [5.74, 6) is -1.59. The summed E-state index contributed by atoms with van der Waals surface area (Å²) in [4.78, 5) is 22.0. The highest BCUT2D eigenvalue weighted by Crippen LogP contribution is 2.31. The number of carboxylic acid groups (broad SMARTS) is 1. The van der Waals surface area contributed by atoms with Crippen molar-refractivity contribution in [3.63, 3.8) is 0 Å². The van der Waals surface area contributed by atoms with Crippen LogP contribution in [0.5, 0.6) is 5.75 Å². The van der Waals surface area contributed by atoms with Crippen molar-refractivity contribution in [3.8, 4) is 5.75 Å². The second kappa shape index (κ2) is 4.37. The monoisotopic (exact) mass is 246 g/mol. The van der Waals surface area contributed by atoms with Crippen molar-refractivity contribution < 1.29 is 23.8 Å². The molecule has 0 saturated heterocycles. The van der Waals surface area contributed by atoms with E-state index in [0.29, 0.717) is 11.0 Å². The highest BCUT2D eigenvalue weighted by atomic mass is 16.5. The van der Waals surface area contributed by atoms with Crippen LogP contribution in [0.4, 0.5) is 0 Å². The Kier molecular flexibility index (Phi) is 2.89. The predicted octanol–water partition coefficient (Wildman–Crippen LogP) is 2.46. The number of benzene rings is 1. The number of carboxylic acids is 1. The van der Waals surface area contributed by atoms with Gasteiger partial charge in [0.1, 0.15) is 11.3 Å². The molecule has 92 valence electrons. The Hall–Kier alpha value is -2.56. The molecule has 0 aliphatic rings. The first-order chi connectivity index (χ1) is 8.49. The third-order valence-electron chi connectivity index (χ3n) is 2.39. The number of rotatable bonds is 3. The Labute approximate surface area is 102 Å². The molecule has 18 heavy (non-hydrogen) atoms. The first kappa shape index (κ1) is 11.9. The quantitative estimate of drug-likeness (QED) is 0.511. The zero-order chi connectivity index (χ0) is 13.3. The molecule has 5 nitrogen and oxygen atoms in total. The van der Waals surface area contributed by atoms with Crippen molar-refractivity contribution in [2.75, 3.05) is 0 Å². The van der Waals surface area contributed by atoms with Gasteiger partial charge in [-0.25, -0.2) is 4.79 Å². The Bertz CT molecular complexity index is 650. The van der Waals surface area contributed by atoms with Crippen LogP contribution >= 0.6 is 0 Å². The van der Waals surface area contributed by atoms with E-state index in [1.54, 1.807) is 12.1 Å². The minimum atomic E-state index is -1.17.